The van der Waals surface area contributed by atoms with Crippen molar-refractivity contribution in [3.05, 3.63) is 29.6 Å². The van der Waals surface area contributed by atoms with Gasteiger partial charge in [0.1, 0.15) is 0 Å². The third-order valence-electron chi connectivity index (χ3n) is 4.07. The molecule has 1 aromatic rings. The maximum atomic E-state index is 13.9. The van der Waals surface area contributed by atoms with Crippen LogP contribution in [0.3, 0.4) is 0 Å². The second kappa shape index (κ2) is 7.17. The fraction of sp³-hybridized carbons (Fsp3) is 0.600. The fourth-order valence-electron chi connectivity index (χ4n) is 2.86. The Kier molecular flexibility index (Phi) is 5.52. The van der Waals surface area contributed by atoms with Crippen molar-refractivity contribution in [2.75, 3.05) is 41.0 Å². The van der Waals surface area contributed by atoms with Crippen molar-refractivity contribution >= 4 is 0 Å². The summed E-state index contributed by atoms with van der Waals surface area (Å²) in [7, 11) is 4.79. The van der Waals surface area contributed by atoms with E-state index < -0.39 is 0 Å². The smallest absolute Gasteiger partial charge is 0.165 e. The van der Waals surface area contributed by atoms with Crippen LogP contribution >= 0.6 is 0 Å². The van der Waals surface area contributed by atoms with Crippen LogP contribution < -0.4 is 10.5 Å². The van der Waals surface area contributed by atoms with Gasteiger partial charge in [-0.15, -0.1) is 0 Å². The Labute approximate surface area is 124 Å². The van der Waals surface area contributed by atoms with Crippen LogP contribution in [0.2, 0.25) is 0 Å². The average Bonchev–Trinajstić information content (AvgIpc) is 2.91. The van der Waals surface area contributed by atoms with Gasteiger partial charge >= 0.3 is 0 Å². The zero-order valence-electron chi connectivity index (χ0n) is 12.7. The van der Waals surface area contributed by atoms with Crippen LogP contribution in [-0.2, 0) is 9.47 Å². The van der Waals surface area contributed by atoms with E-state index in [-0.39, 0.29) is 29.8 Å². The molecule has 0 radical (unpaired) electrons. The second-order valence-electron chi connectivity index (χ2n) is 5.15. The largest absolute Gasteiger partial charge is 0.494 e. The number of methoxy groups -OCH3 is 3. The van der Waals surface area contributed by atoms with Crippen molar-refractivity contribution in [1.82, 2.24) is 4.90 Å². The highest BCUT2D eigenvalue weighted by Crippen LogP contribution is 2.29. The summed E-state index contributed by atoms with van der Waals surface area (Å²) >= 11 is 0. The molecule has 3 atom stereocenters. The first kappa shape index (κ1) is 16.2. The van der Waals surface area contributed by atoms with Gasteiger partial charge in [-0.3, -0.25) is 4.90 Å². The van der Waals surface area contributed by atoms with E-state index in [1.54, 1.807) is 20.3 Å². The predicted molar refractivity (Wildman–Crippen MR) is 77.9 cm³/mol. The first-order valence-electron chi connectivity index (χ1n) is 6.97. The fourth-order valence-corrected chi connectivity index (χ4v) is 2.86. The van der Waals surface area contributed by atoms with Gasteiger partial charge in [0.25, 0.3) is 0 Å². The van der Waals surface area contributed by atoms with Gasteiger partial charge in [-0.05, 0) is 17.7 Å². The minimum atomic E-state index is -0.376. The molecule has 2 rings (SSSR count). The Balaban J connectivity index is 2.18. The number of halogens is 1. The highest BCUT2D eigenvalue weighted by atomic mass is 19.1. The molecular weight excluding hydrogens is 275 g/mol. The van der Waals surface area contributed by atoms with Crippen LogP contribution in [0.15, 0.2) is 18.2 Å². The summed E-state index contributed by atoms with van der Waals surface area (Å²) < 4.78 is 29.7. The number of nitrogens with two attached hydrogens (primary N) is 1. The number of nitrogens with zero attached hydrogens (tertiary/aromatic N) is 1. The molecule has 5 nitrogen and oxygen atoms in total. The zero-order chi connectivity index (χ0) is 15.4. The molecule has 1 aliphatic heterocycles. The van der Waals surface area contributed by atoms with Gasteiger partial charge in [-0.2, -0.15) is 0 Å². The molecule has 0 spiro atoms. The van der Waals surface area contributed by atoms with E-state index in [9.17, 15) is 4.39 Å². The molecule has 1 aliphatic rings. The Hall–Kier alpha value is -1.21. The lowest BCUT2D eigenvalue weighted by atomic mass is 10.1. The second-order valence-corrected chi connectivity index (χ2v) is 5.15. The quantitative estimate of drug-likeness (QED) is 0.854. The highest BCUT2D eigenvalue weighted by Gasteiger charge is 2.36. The Morgan fingerprint density at radius 3 is 2.29 bits per heavy atom. The molecule has 1 fully saturated rings. The molecule has 0 amide bonds. The van der Waals surface area contributed by atoms with E-state index in [0.717, 1.165) is 5.56 Å². The van der Waals surface area contributed by atoms with Gasteiger partial charge in [-0.1, -0.05) is 6.07 Å². The van der Waals surface area contributed by atoms with Gasteiger partial charge < -0.3 is 19.9 Å². The van der Waals surface area contributed by atoms with E-state index in [0.29, 0.717) is 19.6 Å². The summed E-state index contributed by atoms with van der Waals surface area (Å²) in [5, 5.41) is 0. The van der Waals surface area contributed by atoms with Crippen LogP contribution in [-0.4, -0.2) is 58.1 Å². The standard InChI is InChI=1S/C15H23FN2O3/c1-19-13-5-4-10(6-11(13)16)12(7-17)18-8-14(20-2)15(9-18)21-3/h4-6,12,14-15H,7-9,17H2,1-3H3. The van der Waals surface area contributed by atoms with E-state index in [1.165, 1.54) is 13.2 Å². The van der Waals surface area contributed by atoms with Crippen LogP contribution in [0.5, 0.6) is 5.75 Å². The van der Waals surface area contributed by atoms with E-state index in [2.05, 4.69) is 4.90 Å². The molecule has 1 heterocycles. The highest BCUT2D eigenvalue weighted by molar-refractivity contribution is 5.31. The molecular formula is C15H23FN2O3. The van der Waals surface area contributed by atoms with Crippen molar-refractivity contribution in [2.45, 2.75) is 18.2 Å². The van der Waals surface area contributed by atoms with Crippen LogP contribution in [0.4, 0.5) is 4.39 Å². The van der Waals surface area contributed by atoms with Crippen LogP contribution in [0.1, 0.15) is 11.6 Å². The predicted octanol–water partition coefficient (Wildman–Crippen LogP) is 1.18. The summed E-state index contributed by atoms with van der Waals surface area (Å²) in [6.45, 7) is 1.83. The maximum Gasteiger partial charge on any atom is 0.165 e. The summed E-state index contributed by atoms with van der Waals surface area (Å²) in [6.07, 6.45) is 0.0132. The first-order valence-corrected chi connectivity index (χ1v) is 6.97. The molecule has 0 bridgehead atoms. The molecule has 0 aromatic heterocycles. The number of hydrogen-bond donors (Lipinski definition) is 1. The maximum absolute atomic E-state index is 13.9. The topological polar surface area (TPSA) is 57.0 Å². The Bertz CT molecular complexity index is 460. The number of hydrogen-bond acceptors (Lipinski definition) is 5. The van der Waals surface area contributed by atoms with Crippen molar-refractivity contribution in [1.29, 1.82) is 0 Å². The van der Waals surface area contributed by atoms with Gasteiger partial charge in [0, 0.05) is 39.9 Å². The summed E-state index contributed by atoms with van der Waals surface area (Å²) in [4.78, 5) is 2.17. The average molecular weight is 298 g/mol. The van der Waals surface area contributed by atoms with Crippen LogP contribution in [0, 0.1) is 5.82 Å². The molecule has 1 saturated heterocycles. The monoisotopic (exact) mass is 298 g/mol. The molecule has 0 aliphatic carbocycles. The summed E-state index contributed by atoms with van der Waals surface area (Å²) in [5.74, 6) is -0.139. The first-order chi connectivity index (χ1) is 10.1. The van der Waals surface area contributed by atoms with E-state index in [1.807, 2.05) is 6.07 Å². The zero-order valence-corrected chi connectivity index (χ0v) is 12.7. The lowest BCUT2D eigenvalue weighted by Crippen LogP contribution is -2.33. The molecule has 21 heavy (non-hydrogen) atoms. The minimum Gasteiger partial charge on any atom is -0.494 e. The summed E-state index contributed by atoms with van der Waals surface area (Å²) in [6, 6.07) is 4.90. The van der Waals surface area contributed by atoms with Crippen molar-refractivity contribution in [2.24, 2.45) is 5.73 Å². The molecule has 1 aromatic carbocycles. The molecule has 6 heteroatoms. The number of ether oxygens (including phenoxy) is 3. The third kappa shape index (κ3) is 3.35. The van der Waals surface area contributed by atoms with E-state index in [4.69, 9.17) is 19.9 Å². The lowest BCUT2D eigenvalue weighted by Gasteiger charge is -2.27. The Morgan fingerprint density at radius 2 is 1.86 bits per heavy atom. The molecule has 0 saturated carbocycles. The van der Waals surface area contributed by atoms with Gasteiger partial charge in [-0.25, -0.2) is 4.39 Å². The van der Waals surface area contributed by atoms with Crippen molar-refractivity contribution in [3.8, 4) is 5.75 Å². The number of benzene rings is 1. The number of rotatable bonds is 6. The molecule has 118 valence electrons. The normalized spacial score (nSPS) is 24.2. The van der Waals surface area contributed by atoms with Gasteiger partial charge in [0.15, 0.2) is 11.6 Å². The van der Waals surface area contributed by atoms with Gasteiger partial charge in [0.2, 0.25) is 0 Å². The third-order valence-corrected chi connectivity index (χ3v) is 4.07. The van der Waals surface area contributed by atoms with Crippen molar-refractivity contribution in [3.63, 3.8) is 0 Å². The van der Waals surface area contributed by atoms with Gasteiger partial charge in [0.05, 0.1) is 19.3 Å². The lowest BCUT2D eigenvalue weighted by molar-refractivity contribution is -0.00461. The van der Waals surface area contributed by atoms with E-state index >= 15 is 0 Å². The SMILES string of the molecule is COc1ccc(C(CN)N2CC(OC)C(OC)C2)cc1F. The minimum absolute atomic E-state index is 0.00662. The Morgan fingerprint density at radius 1 is 1.24 bits per heavy atom. The summed E-state index contributed by atoms with van der Waals surface area (Å²) in [5.41, 5.74) is 6.74. The number of likely N-dealkylation sites (tertiary alicyclic amines) is 1. The van der Waals surface area contributed by atoms with Crippen LogP contribution in [0.25, 0.3) is 0 Å². The molecule has 3 unspecified atom stereocenters. The van der Waals surface area contributed by atoms with Crippen molar-refractivity contribution < 1.29 is 18.6 Å². The molecule has 2 N–H and O–H groups in total.